The molecular weight excluding hydrogens is 1710 g/mol. The van der Waals surface area contributed by atoms with Crippen molar-refractivity contribution in [2.45, 2.75) is 162 Å². The number of morpholine rings is 4. The Morgan fingerprint density at radius 2 is 1.09 bits per heavy atom. The third-order valence-corrected chi connectivity index (χ3v) is 14.1. The van der Waals surface area contributed by atoms with Crippen molar-refractivity contribution in [2.24, 2.45) is 5.73 Å². The number of aliphatic hydroxyl groups excluding tert-OH is 3. The minimum absolute atomic E-state index is 0. The van der Waals surface area contributed by atoms with Gasteiger partial charge in [-0.15, -0.1) is 12.3 Å². The number of hydrogen-bond donors (Lipinski definition) is 9. The normalized spacial score (nSPS) is 17.9. The van der Waals surface area contributed by atoms with E-state index >= 15 is 0 Å². The van der Waals surface area contributed by atoms with Crippen LogP contribution in [-0.2, 0) is 113 Å². The second kappa shape index (κ2) is 67.4. The van der Waals surface area contributed by atoms with Crippen LogP contribution >= 0.6 is 35.3 Å². The van der Waals surface area contributed by atoms with E-state index in [1.54, 1.807) is 30.6 Å². The molecule has 0 unspecified atom stereocenters. The Labute approximate surface area is 755 Å². The van der Waals surface area contributed by atoms with Crippen molar-refractivity contribution in [3.63, 3.8) is 0 Å². The molecule has 0 saturated carbocycles. The molecule has 40 nitrogen and oxygen atoms in total. The van der Waals surface area contributed by atoms with E-state index in [4.69, 9.17) is 123 Å². The maximum atomic E-state index is 11.7. The van der Waals surface area contributed by atoms with Gasteiger partial charge in [0.15, 0.2) is 6.10 Å². The topological polar surface area (TPSA) is 538 Å². The maximum Gasteiger partial charge on any atom is 1.00 e. The summed E-state index contributed by atoms with van der Waals surface area (Å²) in [7, 11) is -7.60. The largest absolute Gasteiger partial charge is 1.00 e. The number of hydrogen-bond acceptors (Lipinski definition) is 31. The quantitative estimate of drug-likeness (QED) is 0.00734. The van der Waals surface area contributed by atoms with Gasteiger partial charge in [0.05, 0.1) is 110 Å². The number of amides is 3. The summed E-state index contributed by atoms with van der Waals surface area (Å²) in [4.78, 5) is 93.9. The molecule has 0 radical (unpaired) electrons. The summed E-state index contributed by atoms with van der Waals surface area (Å²) < 4.78 is 111. The molecule has 1 aromatic carbocycles. The van der Waals surface area contributed by atoms with E-state index in [2.05, 4.69) is 49.9 Å². The first-order valence-electron chi connectivity index (χ1n) is 32.6. The molecule has 5 fully saturated rings. The number of epoxide rings is 1. The Kier molecular flexibility index (Phi) is 74.6. The molecule has 1 aromatic heterocycles. The van der Waals surface area contributed by atoms with Crippen LogP contribution in [0.1, 0.15) is 111 Å². The third kappa shape index (κ3) is 67.2. The van der Waals surface area contributed by atoms with Gasteiger partial charge in [0.1, 0.15) is 22.9 Å². The SMILES string of the molecule is CC(C)(C)OC(=O)N1CCO[C@@H](C(=O)O)C1.CC(C)(C)OC(=O)N1CCO[C@@H](CO)C1.CC[C@H](O)CNCCOS(=O)(=O)O.CC[C@H]1CN(C(=O)OC(C)(C)C)CCO1.CC[C@H]1CNCCO1.CO.NCCOS(=O)(=O)O.O=CO[O-].O=c1n(Cl)c(=O)n(Cl)c(=O)n1Cl.[CH3-].[H-].[HH].[K+].[K+].[Pd].c1ccc(COC[C@H]2CO2)cc1. The van der Waals surface area contributed by atoms with E-state index in [1.807, 2.05) is 66.7 Å². The molecule has 6 heterocycles. The first kappa shape index (κ1) is 121. The number of nitrogens with two attached hydrogens (primary N) is 1. The number of aliphatic carboxylic acids is 1. The average molecular weight is 1830 g/mol. The fourth-order valence-corrected chi connectivity index (χ4v) is 8.43. The van der Waals surface area contributed by atoms with Gasteiger partial charge >= 0.3 is 165 Å². The Balaban J connectivity index is -0.000000151. The van der Waals surface area contributed by atoms with Crippen LogP contribution < -0.4 is 141 Å². The van der Waals surface area contributed by atoms with Crippen molar-refractivity contribution in [3.8, 4) is 0 Å². The zero-order valence-electron chi connectivity index (χ0n) is 65.8. The monoisotopic (exact) mass is 1820 g/mol. The molecule has 0 spiro atoms. The number of rotatable bonds is 19. The number of carbonyl (C=O) groups is 5. The van der Waals surface area contributed by atoms with Crippen molar-refractivity contribution in [2.75, 3.05) is 139 Å². The first-order valence-corrected chi connectivity index (χ1v) is 36.3. The van der Waals surface area contributed by atoms with Crippen LogP contribution in [0.4, 0.5) is 14.4 Å². The van der Waals surface area contributed by atoms with E-state index in [9.17, 15) is 50.4 Å². The average Bonchev–Trinajstić information content (AvgIpc) is 1.56. The molecule has 0 bridgehead atoms. The summed E-state index contributed by atoms with van der Waals surface area (Å²) in [5.41, 5.74) is 1.09. The number of halogens is 3. The molecule has 3 amide bonds. The number of aliphatic hydroxyl groups is 3. The van der Waals surface area contributed by atoms with Crippen LogP contribution in [0.2, 0.25) is 0 Å². The molecule has 109 heavy (non-hydrogen) atoms. The van der Waals surface area contributed by atoms with E-state index in [1.165, 1.54) is 10.5 Å². The van der Waals surface area contributed by atoms with Gasteiger partial charge < -0.3 is 113 Å². The fourth-order valence-electron chi connectivity index (χ4n) is 7.26. The molecule has 10 N–H and O–H groups in total. The molecule has 5 saturated heterocycles. The van der Waals surface area contributed by atoms with Crippen molar-refractivity contribution in [1.82, 2.24) is 37.6 Å². The molecule has 6 atom stereocenters. The number of carboxylic acid groups (broad SMARTS) is 1. The smallest absolute Gasteiger partial charge is 1.00 e. The van der Waals surface area contributed by atoms with Gasteiger partial charge in [-0.2, -0.15) is 16.8 Å². The number of ether oxygens (including phenoxy) is 9. The Hall–Kier alpha value is -1.59. The molecular formula is C61H115Cl3K2N9O31PdS2-. The van der Waals surface area contributed by atoms with Gasteiger partial charge in [-0.05, 0) is 87.1 Å². The van der Waals surface area contributed by atoms with Gasteiger partial charge in [0.25, 0.3) is 6.47 Å². The minimum Gasteiger partial charge on any atom is -1.00 e. The molecule has 7 rings (SSSR count). The second-order valence-electron chi connectivity index (χ2n) is 24.6. The number of benzene rings is 1. The van der Waals surface area contributed by atoms with Gasteiger partial charge in [-0.25, -0.2) is 41.9 Å². The summed E-state index contributed by atoms with van der Waals surface area (Å²) in [6.45, 7) is 31.7. The number of carboxylic acids is 1. The van der Waals surface area contributed by atoms with E-state index in [0.717, 1.165) is 52.9 Å². The fraction of sp³-hybridized carbons (Fsp3) is 0.754. The number of nitrogens with one attached hydrogen (secondary N) is 2. The zero-order chi connectivity index (χ0) is 81.2. The standard InChI is InChI=1S/C11H21NO3.C10H17NO5.C10H19NO4.C10H12O2.C6H15NO5S.C6H13NO.C3Cl3N3O3.C2H7NO4S.CH2O3.CH4O.CH3.2K.Pd.H2.H/c1-5-9-8-12(6-7-14-9)10(13)15-11(2,3)4;1-10(2,3)16-9(14)11-4-5-15-7(6-11)8(12)13;1-10(2,3)15-9(13)11-4-5-14-8(6-11)7-12;1-2-4-9(5-3-1)6-11-7-10-8-12-10;1-2-6(8)5-7-3-4-12-13(9,10)11;1-2-6-5-7-3-4-8-6;4-7-1(10)8(5)3(12)9(6)2(7)11;3-1-2-7-8(4,5)6;2-1-4-3;1-2;;;;;;/h9H,5-8H2,1-4H3;7H,4-6H2,1-3H3,(H,12,13);8,12H,4-7H2,1-3H3;1-5,10H,6-8H2;6-8H,2-5H2,1H3,(H,9,10,11);6-7H,2-5H2,1H3;;1-3H2,(H,4,5,6);1,3H;2H,1H3;1H3;;;;1H;/q;;;;;;;;;;-1;2*+1;;;-1/p-1/t9-;7-;8-;10-;2*6-;;;;;;;;;;/m011000........../s1. The van der Waals surface area contributed by atoms with Crippen LogP contribution in [0, 0.1) is 7.43 Å². The predicted octanol–water partition coefficient (Wildman–Crippen LogP) is -4.69. The van der Waals surface area contributed by atoms with Crippen LogP contribution in [0.5, 0.6) is 0 Å². The zero-order valence-corrected chi connectivity index (χ0v) is 76.5. The molecule has 5 aliphatic heterocycles. The Morgan fingerprint density at radius 1 is 0.697 bits per heavy atom. The summed E-state index contributed by atoms with van der Waals surface area (Å²) in [6.07, 6.45) is 0.941. The summed E-state index contributed by atoms with van der Waals surface area (Å²) in [6, 6.07) is 10.2. The molecule has 5 aliphatic rings. The van der Waals surface area contributed by atoms with Crippen molar-refractivity contribution in [1.29, 1.82) is 0 Å². The molecule has 0 aliphatic carbocycles. The second-order valence-corrected chi connectivity index (χ2v) is 27.7. The first-order chi connectivity index (χ1) is 48.9. The Morgan fingerprint density at radius 3 is 1.42 bits per heavy atom. The Bertz CT molecular complexity index is 3010. The van der Waals surface area contributed by atoms with Crippen LogP contribution in [0.15, 0.2) is 44.7 Å². The minimum atomic E-state index is -4.33. The van der Waals surface area contributed by atoms with E-state index < -0.39 is 78.9 Å². The number of aromatic nitrogens is 3. The van der Waals surface area contributed by atoms with Crippen molar-refractivity contribution in [3.05, 3.63) is 74.8 Å². The van der Waals surface area contributed by atoms with Crippen LogP contribution in [-0.4, -0.2) is 296 Å². The molecule has 2 aromatic rings. The van der Waals surface area contributed by atoms with E-state index in [0.29, 0.717) is 77.7 Å². The van der Waals surface area contributed by atoms with Crippen LogP contribution in [0.3, 0.4) is 0 Å². The summed E-state index contributed by atoms with van der Waals surface area (Å²) >= 11 is 15.3. The molecule has 48 heteroatoms. The maximum absolute atomic E-state index is 11.7. The van der Waals surface area contributed by atoms with Crippen molar-refractivity contribution < 1.29 is 258 Å². The van der Waals surface area contributed by atoms with Gasteiger partial charge in [-0.1, -0.05) is 51.1 Å². The number of nitrogens with zero attached hydrogens (tertiary/aromatic N) is 6. The number of carbonyl (C=O) groups excluding carboxylic acids is 4. The third-order valence-electron chi connectivity index (χ3n) is 12.3. The van der Waals surface area contributed by atoms with Gasteiger partial charge in [-0.3, -0.25) is 13.9 Å². The summed E-state index contributed by atoms with van der Waals surface area (Å²) in [5.74, 6) is -1.06. The van der Waals surface area contributed by atoms with Crippen molar-refractivity contribution >= 4 is 86.8 Å². The predicted molar refractivity (Wildman–Crippen MR) is 388 cm³/mol. The van der Waals surface area contributed by atoms with Gasteiger partial charge in [0.2, 0.25) is 0 Å². The van der Waals surface area contributed by atoms with E-state index in [-0.39, 0.29) is 223 Å². The van der Waals surface area contributed by atoms with Gasteiger partial charge in [0, 0.05) is 117 Å². The van der Waals surface area contributed by atoms with Crippen LogP contribution in [0.25, 0.3) is 0 Å². The summed E-state index contributed by atoms with van der Waals surface area (Å²) in [5, 5.41) is 48.2. The molecule has 636 valence electrons.